The van der Waals surface area contributed by atoms with Crippen molar-refractivity contribution in [2.45, 2.75) is 6.18 Å². The van der Waals surface area contributed by atoms with Gasteiger partial charge in [-0.05, 0) is 24.3 Å². The molecule has 1 heterocycles. The molecule has 0 aliphatic carbocycles. The largest absolute Gasteiger partial charge is 0.433 e. The summed E-state index contributed by atoms with van der Waals surface area (Å²) in [5.74, 6) is -2.31. The maximum Gasteiger partial charge on any atom is 0.433 e. The van der Waals surface area contributed by atoms with Crippen LogP contribution in [0.2, 0.25) is 0 Å². The van der Waals surface area contributed by atoms with Crippen LogP contribution in [0.5, 0.6) is 0 Å². The number of aromatic nitrogens is 1. The zero-order chi connectivity index (χ0) is 14.9. The predicted molar refractivity (Wildman–Crippen MR) is 60.9 cm³/mol. The van der Waals surface area contributed by atoms with Crippen molar-refractivity contribution in [3.8, 4) is 11.3 Å². The number of benzene rings is 1. The average molecular weight is 284 g/mol. The maximum atomic E-state index is 13.9. The van der Waals surface area contributed by atoms with Crippen molar-refractivity contribution in [2.24, 2.45) is 0 Å². The molecule has 0 spiro atoms. The van der Waals surface area contributed by atoms with E-state index in [-0.39, 0.29) is 11.3 Å². The molecule has 0 fully saturated rings. The zero-order valence-corrected chi connectivity index (χ0v) is 9.67. The van der Waals surface area contributed by atoms with E-state index < -0.39 is 29.2 Å². The van der Waals surface area contributed by atoms with E-state index in [1.165, 1.54) is 0 Å². The lowest BCUT2D eigenvalue weighted by molar-refractivity contribution is -0.141. The predicted octanol–water partition coefficient (Wildman–Crippen LogP) is 4.60. The molecular formula is C13H5F5N2. The number of halogens is 5. The third-order valence-electron chi connectivity index (χ3n) is 2.49. The van der Waals surface area contributed by atoms with E-state index in [9.17, 15) is 22.0 Å². The van der Waals surface area contributed by atoms with Gasteiger partial charge in [-0.1, -0.05) is 6.07 Å². The molecule has 2 rings (SSSR count). The normalized spacial score (nSPS) is 11.2. The average Bonchev–Trinajstić information content (AvgIpc) is 2.38. The van der Waals surface area contributed by atoms with E-state index in [0.717, 1.165) is 30.3 Å². The molecule has 0 saturated heterocycles. The minimum absolute atomic E-state index is 0.317. The monoisotopic (exact) mass is 284 g/mol. The number of hydrogen-bond acceptors (Lipinski definition) is 1. The second kappa shape index (κ2) is 4.89. The van der Waals surface area contributed by atoms with Gasteiger partial charge in [0.15, 0.2) is 0 Å². The van der Waals surface area contributed by atoms with Gasteiger partial charge >= 0.3 is 6.18 Å². The van der Waals surface area contributed by atoms with E-state index in [0.29, 0.717) is 0 Å². The van der Waals surface area contributed by atoms with E-state index in [4.69, 9.17) is 6.57 Å². The Kier molecular flexibility index (Phi) is 3.40. The molecule has 0 N–H and O–H groups in total. The highest BCUT2D eigenvalue weighted by molar-refractivity contribution is 5.67. The molecule has 0 unspecified atom stereocenters. The van der Waals surface area contributed by atoms with Crippen LogP contribution in [0.25, 0.3) is 16.1 Å². The molecule has 0 amide bonds. The van der Waals surface area contributed by atoms with Gasteiger partial charge in [-0.25, -0.2) is 18.6 Å². The van der Waals surface area contributed by atoms with Crippen LogP contribution in [-0.4, -0.2) is 4.98 Å². The first-order chi connectivity index (χ1) is 9.34. The lowest BCUT2D eigenvalue weighted by Crippen LogP contribution is -2.08. The first-order valence-electron chi connectivity index (χ1n) is 5.24. The lowest BCUT2D eigenvalue weighted by Gasteiger charge is -2.09. The summed E-state index contributed by atoms with van der Waals surface area (Å²) in [4.78, 5) is 5.97. The fourth-order valence-corrected chi connectivity index (χ4v) is 1.58. The Morgan fingerprint density at radius 3 is 2.35 bits per heavy atom. The molecule has 1 aromatic heterocycles. The second-order valence-corrected chi connectivity index (χ2v) is 3.78. The Bertz CT molecular complexity index is 701. The highest BCUT2D eigenvalue weighted by atomic mass is 19.4. The van der Waals surface area contributed by atoms with Gasteiger partial charge in [0.1, 0.15) is 17.3 Å². The fraction of sp³-hybridized carbons (Fsp3) is 0.0769. The lowest BCUT2D eigenvalue weighted by atomic mass is 10.1. The van der Waals surface area contributed by atoms with Crippen molar-refractivity contribution in [1.29, 1.82) is 0 Å². The Labute approximate surface area is 110 Å². The summed E-state index contributed by atoms with van der Waals surface area (Å²) < 4.78 is 64.6. The minimum atomic E-state index is -4.67. The van der Waals surface area contributed by atoms with Crippen molar-refractivity contribution in [3.05, 3.63) is 59.1 Å². The summed E-state index contributed by atoms with van der Waals surface area (Å²) in [6.07, 6.45) is -4.67. The molecule has 1 aromatic carbocycles. The third-order valence-corrected chi connectivity index (χ3v) is 2.49. The van der Waals surface area contributed by atoms with Crippen molar-refractivity contribution in [2.75, 3.05) is 0 Å². The highest BCUT2D eigenvalue weighted by Gasteiger charge is 2.32. The van der Waals surface area contributed by atoms with Crippen LogP contribution >= 0.6 is 0 Å². The Hall–Kier alpha value is -2.49. The Balaban J connectivity index is 2.62. The molecule has 0 aliphatic heterocycles. The number of rotatable bonds is 1. The second-order valence-electron chi connectivity index (χ2n) is 3.78. The van der Waals surface area contributed by atoms with Gasteiger partial charge in [-0.2, -0.15) is 13.2 Å². The molecule has 2 nitrogen and oxygen atoms in total. The molecule has 0 radical (unpaired) electrons. The maximum absolute atomic E-state index is 13.9. The summed E-state index contributed by atoms with van der Waals surface area (Å²) in [6.45, 7) is 6.67. The van der Waals surface area contributed by atoms with Crippen molar-refractivity contribution >= 4 is 5.69 Å². The standard InChI is InChI=1S/C13H5F5N2/c1-19-12-8(14)6-5-7(11(12)15)9-3-2-4-10(20-9)13(16,17)18/h2-6H. The van der Waals surface area contributed by atoms with Crippen LogP contribution in [0.15, 0.2) is 30.3 Å². The van der Waals surface area contributed by atoms with Gasteiger partial charge in [0.05, 0.1) is 12.3 Å². The smallest absolute Gasteiger partial charge is 0.243 e. The first-order valence-corrected chi connectivity index (χ1v) is 5.24. The molecule has 102 valence electrons. The third kappa shape index (κ3) is 2.45. The fourth-order valence-electron chi connectivity index (χ4n) is 1.58. The number of alkyl halides is 3. The molecule has 0 atom stereocenters. The van der Waals surface area contributed by atoms with E-state index in [1.54, 1.807) is 0 Å². The quantitative estimate of drug-likeness (QED) is 0.552. The molecule has 0 saturated carbocycles. The van der Waals surface area contributed by atoms with E-state index in [2.05, 4.69) is 9.83 Å². The Morgan fingerprint density at radius 2 is 1.75 bits per heavy atom. The van der Waals surface area contributed by atoms with Gasteiger partial charge in [0, 0.05) is 5.56 Å². The topological polar surface area (TPSA) is 17.2 Å². The van der Waals surface area contributed by atoms with Gasteiger partial charge in [-0.3, -0.25) is 0 Å². The molecule has 0 bridgehead atoms. The molecule has 7 heteroatoms. The van der Waals surface area contributed by atoms with Crippen LogP contribution in [0.4, 0.5) is 27.6 Å². The summed E-state index contributed by atoms with van der Waals surface area (Å²) in [5.41, 5.74) is -2.74. The van der Waals surface area contributed by atoms with Crippen molar-refractivity contribution < 1.29 is 22.0 Å². The first kappa shape index (κ1) is 13.9. The summed E-state index contributed by atoms with van der Waals surface area (Å²) >= 11 is 0. The minimum Gasteiger partial charge on any atom is -0.243 e. The van der Waals surface area contributed by atoms with Crippen LogP contribution in [-0.2, 0) is 6.18 Å². The highest BCUT2D eigenvalue weighted by Crippen LogP contribution is 2.33. The number of pyridine rings is 1. The van der Waals surface area contributed by atoms with Gasteiger partial charge in [-0.15, -0.1) is 0 Å². The molecular weight excluding hydrogens is 279 g/mol. The number of hydrogen-bond donors (Lipinski definition) is 0. The molecule has 20 heavy (non-hydrogen) atoms. The van der Waals surface area contributed by atoms with Gasteiger partial charge in [0.25, 0.3) is 5.69 Å². The summed E-state index contributed by atoms with van der Waals surface area (Å²) in [6, 6.07) is 4.71. The summed E-state index contributed by atoms with van der Waals surface area (Å²) in [7, 11) is 0. The van der Waals surface area contributed by atoms with Crippen LogP contribution in [0, 0.1) is 18.2 Å². The van der Waals surface area contributed by atoms with Crippen LogP contribution in [0.3, 0.4) is 0 Å². The molecule has 2 aromatic rings. The number of nitrogens with zero attached hydrogens (tertiary/aromatic N) is 2. The van der Waals surface area contributed by atoms with E-state index in [1.807, 2.05) is 0 Å². The van der Waals surface area contributed by atoms with Crippen LogP contribution in [0.1, 0.15) is 5.69 Å². The SMILES string of the molecule is [C-]#[N+]c1c(F)ccc(-c2cccc(C(F)(F)F)n2)c1F. The van der Waals surface area contributed by atoms with Crippen molar-refractivity contribution in [3.63, 3.8) is 0 Å². The van der Waals surface area contributed by atoms with Crippen LogP contribution < -0.4 is 0 Å². The zero-order valence-electron chi connectivity index (χ0n) is 9.67. The van der Waals surface area contributed by atoms with Gasteiger partial charge in [0.2, 0.25) is 0 Å². The van der Waals surface area contributed by atoms with Gasteiger partial charge < -0.3 is 0 Å². The van der Waals surface area contributed by atoms with Crippen molar-refractivity contribution in [1.82, 2.24) is 4.98 Å². The Morgan fingerprint density at radius 1 is 1.05 bits per heavy atom. The summed E-state index contributed by atoms with van der Waals surface area (Å²) in [5, 5.41) is 0. The van der Waals surface area contributed by atoms with E-state index >= 15 is 0 Å². The molecule has 0 aliphatic rings.